The summed E-state index contributed by atoms with van der Waals surface area (Å²) in [5, 5.41) is 11.1. The number of hydrogen-bond donors (Lipinski definition) is 2. The molecule has 78 valence electrons. The van der Waals surface area contributed by atoms with Crippen molar-refractivity contribution in [1.82, 2.24) is 5.32 Å². The minimum Gasteiger partial charge on any atom is -0.447 e. The van der Waals surface area contributed by atoms with Gasteiger partial charge in [0.15, 0.2) is 0 Å². The van der Waals surface area contributed by atoms with Gasteiger partial charge in [-0.3, -0.25) is 0 Å². The van der Waals surface area contributed by atoms with Crippen molar-refractivity contribution in [2.75, 3.05) is 13.2 Å². The summed E-state index contributed by atoms with van der Waals surface area (Å²) in [4.78, 5) is 10.9. The zero-order chi connectivity index (χ0) is 10.3. The van der Waals surface area contributed by atoms with E-state index in [0.717, 1.165) is 6.42 Å². The minimum absolute atomic E-state index is 0.0558. The van der Waals surface area contributed by atoms with Crippen LogP contribution in [0.2, 0.25) is 0 Å². The summed E-state index contributed by atoms with van der Waals surface area (Å²) >= 11 is 0. The van der Waals surface area contributed by atoms with Crippen LogP contribution in [0.4, 0.5) is 4.79 Å². The van der Waals surface area contributed by atoms with E-state index < -0.39 is 6.09 Å². The average molecular weight is 189 g/mol. The van der Waals surface area contributed by atoms with Gasteiger partial charge in [0, 0.05) is 6.04 Å². The lowest BCUT2D eigenvalue weighted by Gasteiger charge is -2.15. The second kappa shape index (κ2) is 6.71. The van der Waals surface area contributed by atoms with Crippen molar-refractivity contribution in [3.05, 3.63) is 0 Å². The van der Waals surface area contributed by atoms with Crippen LogP contribution in [0, 0.1) is 5.92 Å². The van der Waals surface area contributed by atoms with E-state index in [0.29, 0.717) is 5.92 Å². The van der Waals surface area contributed by atoms with Crippen LogP contribution in [0.5, 0.6) is 0 Å². The maximum absolute atomic E-state index is 10.9. The van der Waals surface area contributed by atoms with E-state index in [1.54, 1.807) is 0 Å². The molecule has 0 aromatic heterocycles. The van der Waals surface area contributed by atoms with Crippen LogP contribution in [-0.4, -0.2) is 30.5 Å². The molecular weight excluding hydrogens is 170 g/mol. The van der Waals surface area contributed by atoms with Gasteiger partial charge >= 0.3 is 6.09 Å². The van der Waals surface area contributed by atoms with Crippen LogP contribution in [0.15, 0.2) is 0 Å². The molecule has 1 unspecified atom stereocenters. The predicted octanol–water partition coefficient (Wildman–Crippen LogP) is 1.14. The maximum atomic E-state index is 10.9. The molecule has 4 nitrogen and oxygen atoms in total. The molecule has 0 saturated carbocycles. The second-order valence-corrected chi connectivity index (χ2v) is 3.53. The Labute approximate surface area is 79.3 Å². The van der Waals surface area contributed by atoms with Crippen LogP contribution in [0.1, 0.15) is 27.2 Å². The molecule has 0 rings (SSSR count). The van der Waals surface area contributed by atoms with E-state index in [4.69, 9.17) is 5.11 Å². The molecule has 0 aromatic rings. The zero-order valence-electron chi connectivity index (χ0n) is 8.54. The SMILES string of the molecule is CC(C)CC(C)NC(=O)OCCO. The highest BCUT2D eigenvalue weighted by Gasteiger charge is 2.08. The smallest absolute Gasteiger partial charge is 0.407 e. The van der Waals surface area contributed by atoms with E-state index in [1.807, 2.05) is 6.92 Å². The van der Waals surface area contributed by atoms with E-state index in [9.17, 15) is 4.79 Å². The third kappa shape index (κ3) is 7.59. The zero-order valence-corrected chi connectivity index (χ0v) is 8.54. The van der Waals surface area contributed by atoms with Crippen LogP contribution in [-0.2, 0) is 4.74 Å². The maximum Gasteiger partial charge on any atom is 0.407 e. The first kappa shape index (κ1) is 12.2. The highest BCUT2D eigenvalue weighted by molar-refractivity contribution is 5.67. The molecule has 0 bridgehead atoms. The molecular formula is C9H19NO3. The molecule has 0 aliphatic rings. The first-order chi connectivity index (χ1) is 6.06. The lowest BCUT2D eigenvalue weighted by atomic mass is 10.1. The molecule has 0 spiro atoms. The Morgan fingerprint density at radius 3 is 2.54 bits per heavy atom. The van der Waals surface area contributed by atoms with Gasteiger partial charge < -0.3 is 15.2 Å². The fourth-order valence-electron chi connectivity index (χ4n) is 1.15. The number of hydrogen-bond acceptors (Lipinski definition) is 3. The van der Waals surface area contributed by atoms with Crippen molar-refractivity contribution < 1.29 is 14.6 Å². The van der Waals surface area contributed by atoms with E-state index in [2.05, 4.69) is 23.9 Å². The summed E-state index contributed by atoms with van der Waals surface area (Å²) in [6.45, 7) is 6.04. The Bertz CT molecular complexity index is 148. The van der Waals surface area contributed by atoms with Crippen LogP contribution >= 0.6 is 0 Å². The summed E-state index contributed by atoms with van der Waals surface area (Å²) in [6, 6.07) is 0.117. The van der Waals surface area contributed by atoms with Crippen LogP contribution in [0.3, 0.4) is 0 Å². The molecule has 4 heteroatoms. The molecule has 0 heterocycles. The largest absolute Gasteiger partial charge is 0.447 e. The van der Waals surface area contributed by atoms with Gasteiger partial charge in [0.25, 0.3) is 0 Å². The molecule has 0 radical (unpaired) electrons. The first-order valence-corrected chi connectivity index (χ1v) is 4.60. The first-order valence-electron chi connectivity index (χ1n) is 4.60. The summed E-state index contributed by atoms with van der Waals surface area (Å²) in [5.74, 6) is 0.549. The van der Waals surface area contributed by atoms with Crippen LogP contribution < -0.4 is 5.32 Å². The Kier molecular flexibility index (Phi) is 6.32. The van der Waals surface area contributed by atoms with Crippen molar-refractivity contribution in [2.45, 2.75) is 33.2 Å². The molecule has 0 aromatic carbocycles. The molecule has 0 fully saturated rings. The highest BCUT2D eigenvalue weighted by Crippen LogP contribution is 2.03. The Balaban J connectivity index is 3.53. The van der Waals surface area contributed by atoms with Gasteiger partial charge in [-0.2, -0.15) is 0 Å². The Morgan fingerprint density at radius 1 is 1.46 bits per heavy atom. The van der Waals surface area contributed by atoms with Crippen molar-refractivity contribution in [2.24, 2.45) is 5.92 Å². The van der Waals surface area contributed by atoms with Crippen molar-refractivity contribution in [3.63, 3.8) is 0 Å². The third-order valence-corrected chi connectivity index (χ3v) is 1.51. The topological polar surface area (TPSA) is 58.6 Å². The van der Waals surface area contributed by atoms with Gasteiger partial charge in [-0.1, -0.05) is 13.8 Å². The molecule has 1 atom stereocenters. The van der Waals surface area contributed by atoms with Crippen LogP contribution in [0.25, 0.3) is 0 Å². The quantitative estimate of drug-likeness (QED) is 0.681. The summed E-state index contributed by atoms with van der Waals surface area (Å²) in [7, 11) is 0. The fraction of sp³-hybridized carbons (Fsp3) is 0.889. The van der Waals surface area contributed by atoms with Gasteiger partial charge in [0.2, 0.25) is 0 Å². The van der Waals surface area contributed by atoms with Crippen molar-refractivity contribution in [1.29, 1.82) is 0 Å². The minimum atomic E-state index is -0.456. The van der Waals surface area contributed by atoms with Gasteiger partial charge in [-0.25, -0.2) is 4.79 Å². The standard InChI is InChI=1S/C9H19NO3/c1-7(2)6-8(3)10-9(12)13-5-4-11/h7-8,11H,4-6H2,1-3H3,(H,10,12). The normalized spacial score (nSPS) is 12.7. The van der Waals surface area contributed by atoms with Gasteiger partial charge in [-0.15, -0.1) is 0 Å². The number of aliphatic hydroxyl groups excluding tert-OH is 1. The van der Waals surface area contributed by atoms with E-state index in [-0.39, 0.29) is 19.3 Å². The predicted molar refractivity (Wildman–Crippen MR) is 50.5 cm³/mol. The number of ether oxygens (including phenoxy) is 1. The Hall–Kier alpha value is -0.770. The Morgan fingerprint density at radius 2 is 2.08 bits per heavy atom. The van der Waals surface area contributed by atoms with E-state index >= 15 is 0 Å². The van der Waals surface area contributed by atoms with Crippen molar-refractivity contribution >= 4 is 6.09 Å². The summed E-state index contributed by atoms with van der Waals surface area (Å²) < 4.78 is 4.64. The van der Waals surface area contributed by atoms with Gasteiger partial charge in [-0.05, 0) is 19.3 Å². The number of rotatable bonds is 5. The average Bonchev–Trinajstić information content (AvgIpc) is 1.98. The molecule has 0 aliphatic carbocycles. The number of aliphatic hydroxyl groups is 1. The van der Waals surface area contributed by atoms with Gasteiger partial charge in [0.1, 0.15) is 6.61 Å². The fourth-order valence-corrected chi connectivity index (χ4v) is 1.15. The number of carbonyl (C=O) groups is 1. The second-order valence-electron chi connectivity index (χ2n) is 3.53. The molecule has 2 N–H and O–H groups in total. The third-order valence-electron chi connectivity index (χ3n) is 1.51. The number of nitrogens with one attached hydrogen (secondary N) is 1. The monoisotopic (exact) mass is 189 g/mol. The lowest BCUT2D eigenvalue weighted by Crippen LogP contribution is -2.34. The lowest BCUT2D eigenvalue weighted by molar-refractivity contribution is 0.116. The highest BCUT2D eigenvalue weighted by atomic mass is 16.6. The van der Waals surface area contributed by atoms with Crippen molar-refractivity contribution in [3.8, 4) is 0 Å². The number of amides is 1. The number of carbonyl (C=O) groups excluding carboxylic acids is 1. The summed E-state index contributed by atoms with van der Waals surface area (Å²) in [5.41, 5.74) is 0. The molecule has 13 heavy (non-hydrogen) atoms. The molecule has 0 aliphatic heterocycles. The van der Waals surface area contributed by atoms with Gasteiger partial charge in [0.05, 0.1) is 6.61 Å². The molecule has 1 amide bonds. The number of alkyl carbamates (subject to hydrolysis) is 1. The summed E-state index contributed by atoms with van der Waals surface area (Å²) in [6.07, 6.45) is 0.469. The van der Waals surface area contributed by atoms with E-state index in [1.165, 1.54) is 0 Å². The molecule has 0 saturated heterocycles.